The Morgan fingerprint density at radius 1 is 1.00 bits per heavy atom. The molecule has 2 aromatic carbocycles. The van der Waals surface area contributed by atoms with Crippen LogP contribution in [0, 0.1) is 11.3 Å². The highest BCUT2D eigenvalue weighted by molar-refractivity contribution is 7.17. The van der Waals surface area contributed by atoms with Crippen LogP contribution in [-0.4, -0.2) is 11.8 Å². The normalized spacial score (nSPS) is 12.5. The molecule has 0 saturated carbocycles. The summed E-state index contributed by atoms with van der Waals surface area (Å²) in [5, 5.41) is 15.6. The molecule has 1 aliphatic carbocycles. The maximum absolute atomic E-state index is 13.1. The third-order valence-electron chi connectivity index (χ3n) is 5.18. The van der Waals surface area contributed by atoms with Crippen LogP contribution in [-0.2, 0) is 19.4 Å². The molecule has 2 amide bonds. The zero-order chi connectivity index (χ0) is 20.9. The Kier molecular flexibility index (Phi) is 5.92. The first-order valence-electron chi connectivity index (χ1n) is 9.94. The third-order valence-corrected chi connectivity index (χ3v) is 6.38. The summed E-state index contributed by atoms with van der Waals surface area (Å²) in [5.74, 6) is -0.484. The summed E-state index contributed by atoms with van der Waals surface area (Å²) in [6.45, 7) is 0.432. The molecule has 4 rings (SSSR count). The largest absolute Gasteiger partial charge is 0.348 e. The second-order valence-corrected chi connectivity index (χ2v) is 8.34. The molecule has 1 heterocycles. The number of carbonyl (C=O) groups excluding carboxylic acids is 2. The van der Waals surface area contributed by atoms with Gasteiger partial charge in [0.25, 0.3) is 11.8 Å². The van der Waals surface area contributed by atoms with E-state index in [9.17, 15) is 9.59 Å². The number of nitrogens with zero attached hydrogens (tertiary/aromatic N) is 1. The molecule has 0 aliphatic heterocycles. The van der Waals surface area contributed by atoms with Crippen molar-refractivity contribution in [2.45, 2.75) is 32.2 Å². The Labute approximate surface area is 179 Å². The van der Waals surface area contributed by atoms with Gasteiger partial charge < -0.3 is 10.6 Å². The fourth-order valence-electron chi connectivity index (χ4n) is 3.67. The number of nitriles is 1. The van der Waals surface area contributed by atoms with Gasteiger partial charge in [0.1, 0.15) is 5.00 Å². The lowest BCUT2D eigenvalue weighted by Gasteiger charge is -2.13. The van der Waals surface area contributed by atoms with E-state index in [1.807, 2.05) is 36.4 Å². The number of hydrogen-bond donors (Lipinski definition) is 2. The molecule has 0 atom stereocenters. The van der Waals surface area contributed by atoms with Gasteiger partial charge in [0.15, 0.2) is 0 Å². The van der Waals surface area contributed by atoms with Gasteiger partial charge in [-0.25, -0.2) is 0 Å². The quantitative estimate of drug-likeness (QED) is 0.635. The lowest BCUT2D eigenvalue weighted by atomic mass is 9.95. The van der Waals surface area contributed by atoms with Crippen LogP contribution in [0.4, 0.5) is 5.00 Å². The summed E-state index contributed by atoms with van der Waals surface area (Å²) in [5.41, 5.74) is 3.48. The van der Waals surface area contributed by atoms with Crippen molar-refractivity contribution in [2.24, 2.45) is 0 Å². The average Bonchev–Trinajstić information content (AvgIpc) is 3.16. The maximum atomic E-state index is 13.1. The summed E-state index contributed by atoms with van der Waals surface area (Å²) >= 11 is 1.49. The van der Waals surface area contributed by atoms with Crippen molar-refractivity contribution in [3.8, 4) is 6.07 Å². The van der Waals surface area contributed by atoms with Crippen molar-refractivity contribution in [1.29, 1.82) is 5.26 Å². The van der Waals surface area contributed by atoms with E-state index in [1.165, 1.54) is 16.2 Å². The summed E-state index contributed by atoms with van der Waals surface area (Å²) in [6.07, 6.45) is 3.91. The molecule has 3 aromatic rings. The van der Waals surface area contributed by atoms with E-state index >= 15 is 0 Å². The number of hydrogen-bond acceptors (Lipinski definition) is 4. The van der Waals surface area contributed by atoms with Gasteiger partial charge in [-0.2, -0.15) is 5.26 Å². The number of nitrogens with one attached hydrogen (secondary N) is 2. The Balaban J connectivity index is 1.59. The van der Waals surface area contributed by atoms with Crippen LogP contribution in [0.5, 0.6) is 0 Å². The minimum atomic E-state index is -0.317. The summed E-state index contributed by atoms with van der Waals surface area (Å²) < 4.78 is 0. The number of carbonyl (C=O) groups is 2. The molecule has 0 saturated heterocycles. The first-order chi connectivity index (χ1) is 14.7. The molecule has 1 aromatic heterocycles. The Bertz CT molecular complexity index is 1130. The van der Waals surface area contributed by atoms with Gasteiger partial charge in [0.2, 0.25) is 0 Å². The van der Waals surface area contributed by atoms with Gasteiger partial charge >= 0.3 is 0 Å². The SMILES string of the molecule is N#Cc1cccc(C(=O)Nc2sc3c(c2C(=O)NCc2ccccc2)CCCC3)c1. The first-order valence-corrected chi connectivity index (χ1v) is 10.8. The number of aryl methyl sites for hydroxylation is 1. The molecule has 6 heteroatoms. The molecule has 30 heavy (non-hydrogen) atoms. The lowest BCUT2D eigenvalue weighted by Crippen LogP contribution is -2.25. The van der Waals surface area contributed by atoms with Gasteiger partial charge in [-0.3, -0.25) is 9.59 Å². The monoisotopic (exact) mass is 415 g/mol. The molecule has 0 radical (unpaired) electrons. The van der Waals surface area contributed by atoms with E-state index in [2.05, 4.69) is 10.6 Å². The second kappa shape index (κ2) is 8.93. The van der Waals surface area contributed by atoms with Crippen LogP contribution < -0.4 is 10.6 Å². The van der Waals surface area contributed by atoms with Crippen molar-refractivity contribution in [1.82, 2.24) is 5.32 Å². The van der Waals surface area contributed by atoms with Crippen molar-refractivity contribution in [2.75, 3.05) is 5.32 Å². The predicted octanol–water partition coefficient (Wildman–Crippen LogP) is 4.68. The zero-order valence-corrected chi connectivity index (χ0v) is 17.2. The van der Waals surface area contributed by atoms with E-state index in [0.717, 1.165) is 36.8 Å². The highest BCUT2D eigenvalue weighted by Gasteiger charge is 2.26. The van der Waals surface area contributed by atoms with E-state index in [4.69, 9.17) is 5.26 Å². The first kappa shape index (κ1) is 19.9. The van der Waals surface area contributed by atoms with Crippen LogP contribution >= 0.6 is 11.3 Å². The molecule has 150 valence electrons. The molecule has 5 nitrogen and oxygen atoms in total. The van der Waals surface area contributed by atoms with Gasteiger partial charge in [-0.15, -0.1) is 11.3 Å². The average molecular weight is 416 g/mol. The van der Waals surface area contributed by atoms with Crippen molar-refractivity contribution < 1.29 is 9.59 Å². The smallest absolute Gasteiger partial charge is 0.256 e. The van der Waals surface area contributed by atoms with Gasteiger partial charge in [-0.05, 0) is 55.0 Å². The third kappa shape index (κ3) is 4.27. The van der Waals surface area contributed by atoms with Crippen LogP contribution in [0.3, 0.4) is 0 Å². The number of rotatable bonds is 5. The topological polar surface area (TPSA) is 82.0 Å². The molecule has 0 unspecified atom stereocenters. The number of fused-ring (bicyclic) bond motifs is 1. The van der Waals surface area contributed by atoms with E-state index in [-0.39, 0.29) is 11.8 Å². The Hall–Kier alpha value is -3.43. The molecule has 0 bridgehead atoms. The van der Waals surface area contributed by atoms with Crippen molar-refractivity contribution >= 4 is 28.2 Å². The molecular formula is C24H21N3O2S. The van der Waals surface area contributed by atoms with Crippen LogP contribution in [0.15, 0.2) is 54.6 Å². The fourth-order valence-corrected chi connectivity index (χ4v) is 4.95. The molecule has 0 fully saturated rings. The summed E-state index contributed by atoms with van der Waals surface area (Å²) in [7, 11) is 0. The van der Waals surface area contributed by atoms with Crippen molar-refractivity contribution in [3.63, 3.8) is 0 Å². The van der Waals surface area contributed by atoms with Crippen molar-refractivity contribution in [3.05, 3.63) is 87.3 Å². The number of anilines is 1. The van der Waals surface area contributed by atoms with Crippen LogP contribution in [0.25, 0.3) is 0 Å². The fraction of sp³-hybridized carbons (Fsp3) is 0.208. The molecule has 0 spiro atoms. The van der Waals surface area contributed by atoms with Gasteiger partial charge in [0, 0.05) is 17.0 Å². The van der Waals surface area contributed by atoms with Gasteiger partial charge in [-0.1, -0.05) is 36.4 Å². The Morgan fingerprint density at radius 2 is 1.80 bits per heavy atom. The highest BCUT2D eigenvalue weighted by atomic mass is 32.1. The minimum Gasteiger partial charge on any atom is -0.348 e. The molecule has 2 N–H and O–H groups in total. The van der Waals surface area contributed by atoms with Gasteiger partial charge in [0.05, 0.1) is 17.2 Å². The maximum Gasteiger partial charge on any atom is 0.256 e. The predicted molar refractivity (Wildman–Crippen MR) is 118 cm³/mol. The summed E-state index contributed by atoms with van der Waals surface area (Å²) in [4.78, 5) is 27.1. The molecule has 1 aliphatic rings. The number of amides is 2. The summed E-state index contributed by atoms with van der Waals surface area (Å²) in [6, 6.07) is 18.4. The standard InChI is InChI=1S/C24H21N3O2S/c25-14-17-9-6-10-18(13-17)22(28)27-24-21(19-11-4-5-12-20(19)30-24)23(29)26-15-16-7-2-1-3-8-16/h1-3,6-10,13H,4-5,11-12,15H2,(H,26,29)(H,27,28). The van der Waals surface area contributed by atoms with Crippen LogP contribution in [0.2, 0.25) is 0 Å². The van der Waals surface area contributed by atoms with E-state index in [0.29, 0.717) is 28.2 Å². The lowest BCUT2D eigenvalue weighted by molar-refractivity contribution is 0.0951. The van der Waals surface area contributed by atoms with E-state index < -0.39 is 0 Å². The highest BCUT2D eigenvalue weighted by Crippen LogP contribution is 2.38. The minimum absolute atomic E-state index is 0.167. The zero-order valence-electron chi connectivity index (χ0n) is 16.4. The van der Waals surface area contributed by atoms with E-state index in [1.54, 1.807) is 24.3 Å². The van der Waals surface area contributed by atoms with Crippen LogP contribution in [0.1, 0.15) is 55.1 Å². The molecular weight excluding hydrogens is 394 g/mol. The second-order valence-electron chi connectivity index (χ2n) is 7.23. The number of benzene rings is 2. The Morgan fingerprint density at radius 3 is 2.60 bits per heavy atom. The number of thiophene rings is 1.